The number of amides is 2. The summed E-state index contributed by atoms with van der Waals surface area (Å²) in [7, 11) is 0. The van der Waals surface area contributed by atoms with E-state index in [-0.39, 0.29) is 17.9 Å². The highest BCUT2D eigenvalue weighted by Gasteiger charge is 2.31. The van der Waals surface area contributed by atoms with Crippen LogP contribution in [0, 0.1) is 18.3 Å². The molecule has 0 N–H and O–H groups in total. The molecule has 10 heteroatoms. The number of rotatable bonds is 4. The van der Waals surface area contributed by atoms with E-state index in [9.17, 15) is 14.9 Å². The monoisotopic (exact) mass is 416 g/mol. The molecule has 3 aliphatic rings. The lowest BCUT2D eigenvalue weighted by molar-refractivity contribution is -0.143. The van der Waals surface area contributed by atoms with Gasteiger partial charge in [-0.05, 0) is 12.8 Å². The third-order valence-corrected chi connectivity index (χ3v) is 5.99. The SMILES string of the molecule is Cc1nc(C#N)c(N2CCN(C(=O)CN3CCN(C(=O)C4CCCO4)CC3)CC2)o1. The normalized spacial score (nSPS) is 22.9. The van der Waals surface area contributed by atoms with Crippen molar-refractivity contribution in [3.8, 4) is 6.07 Å². The maximum atomic E-state index is 12.7. The lowest BCUT2D eigenvalue weighted by atomic mass is 10.2. The number of nitriles is 1. The molecule has 4 heterocycles. The molecule has 0 bridgehead atoms. The Hall–Kier alpha value is -2.64. The molecule has 3 aliphatic heterocycles. The van der Waals surface area contributed by atoms with Gasteiger partial charge in [-0.15, -0.1) is 0 Å². The van der Waals surface area contributed by atoms with Crippen LogP contribution >= 0.6 is 0 Å². The fourth-order valence-corrected chi connectivity index (χ4v) is 4.26. The smallest absolute Gasteiger partial charge is 0.251 e. The highest BCUT2D eigenvalue weighted by Crippen LogP contribution is 2.22. The number of carbonyl (C=O) groups is 2. The van der Waals surface area contributed by atoms with Gasteiger partial charge in [0.2, 0.25) is 17.5 Å². The molecule has 0 aromatic carbocycles. The van der Waals surface area contributed by atoms with Crippen LogP contribution in [-0.2, 0) is 14.3 Å². The van der Waals surface area contributed by atoms with E-state index in [1.54, 1.807) is 6.92 Å². The molecule has 162 valence electrons. The lowest BCUT2D eigenvalue weighted by Crippen LogP contribution is -2.55. The van der Waals surface area contributed by atoms with Gasteiger partial charge in [-0.3, -0.25) is 14.5 Å². The van der Waals surface area contributed by atoms with Gasteiger partial charge >= 0.3 is 0 Å². The van der Waals surface area contributed by atoms with Gasteiger partial charge in [0.25, 0.3) is 5.91 Å². The van der Waals surface area contributed by atoms with Gasteiger partial charge in [-0.2, -0.15) is 5.26 Å². The van der Waals surface area contributed by atoms with Crippen LogP contribution in [0.3, 0.4) is 0 Å². The number of carbonyl (C=O) groups excluding carboxylic acids is 2. The van der Waals surface area contributed by atoms with Crippen molar-refractivity contribution in [2.45, 2.75) is 25.9 Å². The number of aryl methyl sites for hydroxylation is 1. The fourth-order valence-electron chi connectivity index (χ4n) is 4.26. The molecule has 30 heavy (non-hydrogen) atoms. The summed E-state index contributed by atoms with van der Waals surface area (Å²) in [6.07, 6.45) is 1.49. The van der Waals surface area contributed by atoms with Gasteiger partial charge in [0.05, 0.1) is 6.54 Å². The fraction of sp³-hybridized carbons (Fsp3) is 0.700. The predicted octanol–water partition coefficient (Wildman–Crippen LogP) is -0.173. The van der Waals surface area contributed by atoms with Crippen molar-refractivity contribution in [1.82, 2.24) is 19.7 Å². The summed E-state index contributed by atoms with van der Waals surface area (Å²) in [5, 5.41) is 9.20. The molecule has 0 radical (unpaired) electrons. The van der Waals surface area contributed by atoms with Gasteiger partial charge < -0.3 is 23.9 Å². The van der Waals surface area contributed by atoms with Crippen LogP contribution in [-0.4, -0.2) is 103 Å². The highest BCUT2D eigenvalue weighted by molar-refractivity contribution is 5.81. The van der Waals surface area contributed by atoms with Crippen LogP contribution in [0.4, 0.5) is 5.88 Å². The van der Waals surface area contributed by atoms with Crippen LogP contribution in [0.15, 0.2) is 4.42 Å². The van der Waals surface area contributed by atoms with Crippen LogP contribution in [0.5, 0.6) is 0 Å². The first-order chi connectivity index (χ1) is 14.5. The standard InChI is InChI=1S/C20H28N6O4/c1-15-22-16(13-21)20(30-15)26-10-8-24(9-11-26)18(27)14-23-4-6-25(7-5-23)19(28)17-3-2-12-29-17/h17H,2-12,14H2,1H3. The molecule has 0 saturated carbocycles. The Kier molecular flexibility index (Phi) is 6.20. The van der Waals surface area contributed by atoms with E-state index >= 15 is 0 Å². The zero-order valence-electron chi connectivity index (χ0n) is 17.4. The molecule has 4 rings (SSSR count). The number of hydrogen-bond donors (Lipinski definition) is 0. The van der Waals surface area contributed by atoms with E-state index in [0.717, 1.165) is 12.8 Å². The Labute approximate surface area is 176 Å². The van der Waals surface area contributed by atoms with Crippen molar-refractivity contribution in [1.29, 1.82) is 5.26 Å². The van der Waals surface area contributed by atoms with E-state index < -0.39 is 0 Å². The van der Waals surface area contributed by atoms with Gasteiger partial charge in [0, 0.05) is 65.9 Å². The summed E-state index contributed by atoms with van der Waals surface area (Å²) in [4.78, 5) is 37.1. The summed E-state index contributed by atoms with van der Waals surface area (Å²) in [5.41, 5.74) is 0.294. The number of ether oxygens (including phenoxy) is 1. The first-order valence-electron chi connectivity index (χ1n) is 10.6. The van der Waals surface area contributed by atoms with Crippen molar-refractivity contribution in [3.05, 3.63) is 11.6 Å². The minimum atomic E-state index is -0.274. The second-order valence-electron chi connectivity index (χ2n) is 7.97. The van der Waals surface area contributed by atoms with Crippen LogP contribution < -0.4 is 4.90 Å². The Bertz CT molecular complexity index is 812. The first-order valence-corrected chi connectivity index (χ1v) is 10.6. The summed E-state index contributed by atoms with van der Waals surface area (Å²) >= 11 is 0. The van der Waals surface area contributed by atoms with Gasteiger partial charge in [0.15, 0.2) is 5.89 Å². The van der Waals surface area contributed by atoms with Crippen LogP contribution in [0.1, 0.15) is 24.4 Å². The minimum absolute atomic E-state index is 0.0917. The van der Waals surface area contributed by atoms with Crippen molar-refractivity contribution in [2.24, 2.45) is 0 Å². The Balaban J connectivity index is 1.22. The zero-order chi connectivity index (χ0) is 21.1. The highest BCUT2D eigenvalue weighted by atomic mass is 16.5. The molecule has 1 aromatic heterocycles. The summed E-state index contributed by atoms with van der Waals surface area (Å²) in [5.74, 6) is 1.16. The average Bonchev–Trinajstić information content (AvgIpc) is 3.43. The van der Waals surface area contributed by atoms with Gasteiger partial charge in [-0.25, -0.2) is 4.98 Å². The quantitative estimate of drug-likeness (QED) is 0.666. The molecule has 1 unspecified atom stereocenters. The van der Waals surface area contributed by atoms with E-state index in [1.165, 1.54) is 0 Å². The third-order valence-electron chi connectivity index (χ3n) is 5.99. The number of aromatic nitrogens is 1. The first kappa shape index (κ1) is 20.6. The van der Waals surface area contributed by atoms with E-state index in [0.29, 0.717) is 83.0 Å². The van der Waals surface area contributed by atoms with Crippen molar-refractivity contribution < 1.29 is 18.7 Å². The van der Waals surface area contributed by atoms with Crippen molar-refractivity contribution in [3.63, 3.8) is 0 Å². The van der Waals surface area contributed by atoms with Gasteiger partial charge in [-0.1, -0.05) is 0 Å². The number of oxazole rings is 1. The molecule has 3 saturated heterocycles. The second kappa shape index (κ2) is 9.02. The molecule has 3 fully saturated rings. The Morgan fingerprint density at radius 3 is 2.43 bits per heavy atom. The molecular formula is C20H28N6O4. The maximum absolute atomic E-state index is 12.7. The molecule has 0 aliphatic carbocycles. The molecule has 1 atom stereocenters. The molecule has 1 aromatic rings. The summed E-state index contributed by atoms with van der Waals surface area (Å²) < 4.78 is 11.1. The van der Waals surface area contributed by atoms with Crippen molar-refractivity contribution >= 4 is 17.7 Å². The number of piperazine rings is 2. The molecule has 2 amide bonds. The number of nitrogens with zero attached hydrogens (tertiary/aromatic N) is 6. The maximum Gasteiger partial charge on any atom is 0.251 e. The van der Waals surface area contributed by atoms with Crippen LogP contribution in [0.2, 0.25) is 0 Å². The van der Waals surface area contributed by atoms with Crippen molar-refractivity contribution in [2.75, 3.05) is 70.4 Å². The second-order valence-corrected chi connectivity index (χ2v) is 7.97. The van der Waals surface area contributed by atoms with Gasteiger partial charge in [0.1, 0.15) is 12.2 Å². The molecular weight excluding hydrogens is 388 g/mol. The predicted molar refractivity (Wildman–Crippen MR) is 107 cm³/mol. The molecule has 10 nitrogen and oxygen atoms in total. The third kappa shape index (κ3) is 4.42. The topological polar surface area (TPSA) is 106 Å². The Morgan fingerprint density at radius 2 is 1.80 bits per heavy atom. The summed E-state index contributed by atoms with van der Waals surface area (Å²) in [6.45, 7) is 7.83. The zero-order valence-corrected chi connectivity index (χ0v) is 17.4. The average molecular weight is 416 g/mol. The van der Waals surface area contributed by atoms with Crippen LogP contribution in [0.25, 0.3) is 0 Å². The number of hydrogen-bond acceptors (Lipinski definition) is 8. The van der Waals surface area contributed by atoms with E-state index in [1.807, 2.05) is 14.7 Å². The molecule has 0 spiro atoms. The lowest BCUT2D eigenvalue weighted by Gasteiger charge is -2.38. The Morgan fingerprint density at radius 1 is 1.10 bits per heavy atom. The van der Waals surface area contributed by atoms with E-state index in [2.05, 4.69) is 16.0 Å². The summed E-state index contributed by atoms with van der Waals surface area (Å²) in [6, 6.07) is 2.06. The van der Waals surface area contributed by atoms with E-state index in [4.69, 9.17) is 9.15 Å². The largest absolute Gasteiger partial charge is 0.424 e. The minimum Gasteiger partial charge on any atom is -0.424 e. The number of anilines is 1.